The molecule has 76 valence electrons. The zero-order valence-electron chi connectivity index (χ0n) is 7.80. The first kappa shape index (κ1) is 10.4. The lowest BCUT2D eigenvalue weighted by atomic mass is 10.0. The van der Waals surface area contributed by atoms with Crippen LogP contribution >= 0.6 is 0 Å². The standard InChI is InChI=1S/C8H16N2O3/c1-13-4-7(11)10-6-8(12)2-3-9-5-8/h9,12H,2-6H2,1H3,(H,10,11). The van der Waals surface area contributed by atoms with Crippen molar-refractivity contribution in [1.29, 1.82) is 0 Å². The number of ether oxygens (including phenoxy) is 1. The van der Waals surface area contributed by atoms with Crippen molar-refractivity contribution in [3.63, 3.8) is 0 Å². The van der Waals surface area contributed by atoms with Gasteiger partial charge in [0.15, 0.2) is 0 Å². The van der Waals surface area contributed by atoms with Crippen molar-refractivity contribution in [2.75, 3.05) is 33.4 Å². The van der Waals surface area contributed by atoms with Crippen LogP contribution in [0.1, 0.15) is 6.42 Å². The van der Waals surface area contributed by atoms with E-state index in [0.29, 0.717) is 19.5 Å². The topological polar surface area (TPSA) is 70.6 Å². The number of methoxy groups -OCH3 is 1. The molecule has 0 aliphatic carbocycles. The summed E-state index contributed by atoms with van der Waals surface area (Å²) in [5.74, 6) is -0.192. The Morgan fingerprint density at radius 1 is 1.77 bits per heavy atom. The van der Waals surface area contributed by atoms with Crippen LogP contribution in [0.5, 0.6) is 0 Å². The summed E-state index contributed by atoms with van der Waals surface area (Å²) < 4.78 is 4.64. The van der Waals surface area contributed by atoms with Crippen LogP contribution in [0.4, 0.5) is 0 Å². The molecule has 0 aromatic carbocycles. The van der Waals surface area contributed by atoms with Crippen molar-refractivity contribution in [2.45, 2.75) is 12.0 Å². The fourth-order valence-corrected chi connectivity index (χ4v) is 1.33. The van der Waals surface area contributed by atoms with Crippen LogP contribution in [0, 0.1) is 0 Å². The first-order chi connectivity index (χ1) is 6.16. The number of rotatable bonds is 4. The van der Waals surface area contributed by atoms with Crippen LogP contribution in [0.3, 0.4) is 0 Å². The second kappa shape index (κ2) is 4.55. The average Bonchev–Trinajstić information content (AvgIpc) is 2.51. The van der Waals surface area contributed by atoms with Gasteiger partial charge >= 0.3 is 0 Å². The zero-order valence-corrected chi connectivity index (χ0v) is 7.80. The molecule has 5 nitrogen and oxygen atoms in total. The molecule has 1 aliphatic rings. The lowest BCUT2D eigenvalue weighted by molar-refractivity contribution is -0.125. The molecule has 0 aromatic heterocycles. The van der Waals surface area contributed by atoms with Crippen molar-refractivity contribution < 1.29 is 14.6 Å². The highest BCUT2D eigenvalue weighted by Crippen LogP contribution is 2.12. The van der Waals surface area contributed by atoms with Gasteiger partial charge in [0.2, 0.25) is 5.91 Å². The summed E-state index contributed by atoms with van der Waals surface area (Å²) in [5, 5.41) is 15.4. The quantitative estimate of drug-likeness (QED) is 0.501. The molecule has 1 atom stereocenters. The first-order valence-corrected chi connectivity index (χ1v) is 4.35. The Bertz CT molecular complexity index is 178. The number of aliphatic hydroxyl groups is 1. The van der Waals surface area contributed by atoms with Crippen molar-refractivity contribution in [3.8, 4) is 0 Å². The highest BCUT2D eigenvalue weighted by atomic mass is 16.5. The normalized spacial score (nSPS) is 27.5. The molecule has 0 saturated carbocycles. The molecule has 1 heterocycles. The van der Waals surface area contributed by atoms with Crippen LogP contribution in [0.25, 0.3) is 0 Å². The Morgan fingerprint density at radius 2 is 2.54 bits per heavy atom. The fourth-order valence-electron chi connectivity index (χ4n) is 1.33. The van der Waals surface area contributed by atoms with Gasteiger partial charge in [-0.05, 0) is 13.0 Å². The molecule has 0 spiro atoms. The van der Waals surface area contributed by atoms with Gasteiger partial charge in [-0.15, -0.1) is 0 Å². The summed E-state index contributed by atoms with van der Waals surface area (Å²) in [5.41, 5.74) is -0.774. The third-order valence-corrected chi connectivity index (χ3v) is 2.11. The third kappa shape index (κ3) is 3.30. The molecule has 3 N–H and O–H groups in total. The van der Waals surface area contributed by atoms with E-state index in [1.807, 2.05) is 0 Å². The molecule has 5 heteroatoms. The van der Waals surface area contributed by atoms with E-state index in [9.17, 15) is 9.90 Å². The smallest absolute Gasteiger partial charge is 0.246 e. The van der Waals surface area contributed by atoms with Gasteiger partial charge in [-0.25, -0.2) is 0 Å². The van der Waals surface area contributed by atoms with E-state index in [1.54, 1.807) is 0 Å². The number of hydrogen-bond acceptors (Lipinski definition) is 4. The number of β-amino-alcohol motifs (C(OH)–C–C–N with tert-alkyl or cyclic N) is 1. The number of nitrogens with one attached hydrogen (secondary N) is 2. The van der Waals surface area contributed by atoms with E-state index in [4.69, 9.17) is 0 Å². The maximum atomic E-state index is 11.0. The zero-order chi connectivity index (χ0) is 9.73. The predicted molar refractivity (Wildman–Crippen MR) is 47.3 cm³/mol. The minimum Gasteiger partial charge on any atom is -0.387 e. The highest BCUT2D eigenvalue weighted by molar-refractivity contribution is 5.77. The molecule has 1 amide bonds. The van der Waals surface area contributed by atoms with Crippen LogP contribution in [0.15, 0.2) is 0 Å². The van der Waals surface area contributed by atoms with Gasteiger partial charge in [0, 0.05) is 20.2 Å². The van der Waals surface area contributed by atoms with Crippen molar-refractivity contribution >= 4 is 5.91 Å². The second-order valence-electron chi connectivity index (χ2n) is 3.36. The lowest BCUT2D eigenvalue weighted by Gasteiger charge is -2.21. The van der Waals surface area contributed by atoms with Gasteiger partial charge in [0.1, 0.15) is 6.61 Å². The molecule has 1 unspecified atom stereocenters. The van der Waals surface area contributed by atoms with Gasteiger partial charge in [-0.1, -0.05) is 0 Å². The van der Waals surface area contributed by atoms with Crippen molar-refractivity contribution in [2.24, 2.45) is 0 Å². The Labute approximate surface area is 77.5 Å². The summed E-state index contributed by atoms with van der Waals surface area (Å²) >= 11 is 0. The van der Waals surface area contributed by atoms with E-state index < -0.39 is 5.60 Å². The summed E-state index contributed by atoms with van der Waals surface area (Å²) in [6, 6.07) is 0. The molecule has 1 rings (SSSR count). The predicted octanol–water partition coefficient (Wildman–Crippen LogP) is -1.53. The summed E-state index contributed by atoms with van der Waals surface area (Å²) in [7, 11) is 1.46. The second-order valence-corrected chi connectivity index (χ2v) is 3.36. The number of hydrogen-bond donors (Lipinski definition) is 3. The van der Waals surface area contributed by atoms with E-state index in [2.05, 4.69) is 15.4 Å². The lowest BCUT2D eigenvalue weighted by Crippen LogP contribution is -2.45. The van der Waals surface area contributed by atoms with Gasteiger partial charge in [-0.2, -0.15) is 0 Å². The molecule has 1 aliphatic heterocycles. The molecule has 1 fully saturated rings. The SMILES string of the molecule is COCC(=O)NCC1(O)CCNC1. The summed E-state index contributed by atoms with van der Waals surface area (Å²) in [6.07, 6.45) is 0.681. The Balaban J connectivity index is 2.21. The maximum absolute atomic E-state index is 11.0. The fraction of sp³-hybridized carbons (Fsp3) is 0.875. The van der Waals surface area contributed by atoms with Gasteiger partial charge in [0.25, 0.3) is 0 Å². The van der Waals surface area contributed by atoms with Crippen LogP contribution in [0.2, 0.25) is 0 Å². The average molecular weight is 188 g/mol. The minimum atomic E-state index is -0.774. The third-order valence-electron chi connectivity index (χ3n) is 2.11. The van der Waals surface area contributed by atoms with Crippen LogP contribution in [-0.2, 0) is 9.53 Å². The van der Waals surface area contributed by atoms with E-state index in [-0.39, 0.29) is 12.5 Å². The molecule has 0 radical (unpaired) electrons. The molecule has 0 bridgehead atoms. The van der Waals surface area contributed by atoms with Gasteiger partial charge in [-0.3, -0.25) is 4.79 Å². The molecule has 1 saturated heterocycles. The van der Waals surface area contributed by atoms with E-state index in [0.717, 1.165) is 6.54 Å². The van der Waals surface area contributed by atoms with Crippen molar-refractivity contribution in [3.05, 3.63) is 0 Å². The van der Waals surface area contributed by atoms with Gasteiger partial charge in [0.05, 0.1) is 5.60 Å². The number of carbonyl (C=O) groups is 1. The largest absolute Gasteiger partial charge is 0.387 e. The molecule has 13 heavy (non-hydrogen) atoms. The monoisotopic (exact) mass is 188 g/mol. The van der Waals surface area contributed by atoms with Crippen LogP contribution < -0.4 is 10.6 Å². The molecular weight excluding hydrogens is 172 g/mol. The number of carbonyl (C=O) groups excluding carboxylic acids is 1. The maximum Gasteiger partial charge on any atom is 0.246 e. The highest BCUT2D eigenvalue weighted by Gasteiger charge is 2.30. The molecule has 0 aromatic rings. The Morgan fingerprint density at radius 3 is 3.08 bits per heavy atom. The van der Waals surface area contributed by atoms with Crippen LogP contribution in [-0.4, -0.2) is 50.0 Å². The Kier molecular flexibility index (Phi) is 3.65. The van der Waals surface area contributed by atoms with E-state index in [1.165, 1.54) is 7.11 Å². The Hall–Kier alpha value is -0.650. The molecular formula is C8H16N2O3. The summed E-state index contributed by atoms with van der Waals surface area (Å²) in [6.45, 7) is 1.68. The van der Waals surface area contributed by atoms with Crippen molar-refractivity contribution in [1.82, 2.24) is 10.6 Å². The first-order valence-electron chi connectivity index (χ1n) is 4.35. The number of amides is 1. The van der Waals surface area contributed by atoms with E-state index >= 15 is 0 Å². The van der Waals surface area contributed by atoms with Gasteiger partial charge < -0.3 is 20.5 Å². The minimum absolute atomic E-state index is 0.0451. The summed E-state index contributed by atoms with van der Waals surface area (Å²) in [4.78, 5) is 11.0.